The van der Waals surface area contributed by atoms with E-state index in [2.05, 4.69) is 48.1 Å². The summed E-state index contributed by atoms with van der Waals surface area (Å²) in [6.45, 7) is 8.22. The molecule has 2 aromatic rings. The zero-order valence-electron chi connectivity index (χ0n) is 15.9. The molecule has 0 unspecified atom stereocenters. The Kier molecular flexibility index (Phi) is 4.27. The van der Waals surface area contributed by atoms with Gasteiger partial charge in [-0.3, -0.25) is 15.3 Å². The SMILES string of the molecule is C[C@H]1CC2=NCC(C)(C)CN2C(=N)N1c1cc(-c2cccc(C#N)c2)cs1. The summed E-state index contributed by atoms with van der Waals surface area (Å²) < 4.78 is 0. The number of thiophene rings is 1. The van der Waals surface area contributed by atoms with E-state index in [-0.39, 0.29) is 11.5 Å². The summed E-state index contributed by atoms with van der Waals surface area (Å²) in [5.41, 5.74) is 2.87. The number of rotatable bonds is 2. The van der Waals surface area contributed by atoms with Crippen molar-refractivity contribution in [3.63, 3.8) is 0 Å². The van der Waals surface area contributed by atoms with Gasteiger partial charge in [-0.1, -0.05) is 26.0 Å². The van der Waals surface area contributed by atoms with E-state index in [0.717, 1.165) is 41.5 Å². The molecule has 1 aromatic carbocycles. The van der Waals surface area contributed by atoms with E-state index in [1.807, 2.05) is 24.3 Å². The summed E-state index contributed by atoms with van der Waals surface area (Å²) in [6, 6.07) is 12.2. The Morgan fingerprint density at radius 1 is 1.30 bits per heavy atom. The second-order valence-corrected chi connectivity index (χ2v) is 8.99. The van der Waals surface area contributed by atoms with Crippen molar-refractivity contribution in [2.24, 2.45) is 10.4 Å². The molecule has 0 bridgehead atoms. The highest BCUT2D eigenvalue weighted by molar-refractivity contribution is 7.14. The Balaban J connectivity index is 1.65. The standard InChI is InChI=1S/C21H23N5S/c1-14-7-18-24-12-21(2,3)13-25(18)20(23)26(14)19-9-17(11-27-19)16-6-4-5-15(8-16)10-22/h4-6,8-9,11,14,23H,7,12-13H2,1-3H3/t14-/m0/s1. The number of fused-ring (bicyclic) bond motifs is 1. The largest absolute Gasteiger partial charge is 0.300 e. The van der Waals surface area contributed by atoms with E-state index < -0.39 is 0 Å². The summed E-state index contributed by atoms with van der Waals surface area (Å²) in [4.78, 5) is 8.94. The lowest BCUT2D eigenvalue weighted by Crippen LogP contribution is -2.60. The Labute approximate surface area is 164 Å². The topological polar surface area (TPSA) is 66.5 Å². The quantitative estimate of drug-likeness (QED) is 0.834. The van der Waals surface area contributed by atoms with Gasteiger partial charge in [0.25, 0.3) is 0 Å². The van der Waals surface area contributed by atoms with Gasteiger partial charge < -0.3 is 4.90 Å². The number of nitrogens with one attached hydrogen (secondary N) is 1. The van der Waals surface area contributed by atoms with Crippen LogP contribution in [-0.2, 0) is 0 Å². The summed E-state index contributed by atoms with van der Waals surface area (Å²) in [7, 11) is 0. The predicted octanol–water partition coefficient (Wildman–Crippen LogP) is 4.56. The molecule has 3 heterocycles. The van der Waals surface area contributed by atoms with Crippen LogP contribution in [0.3, 0.4) is 0 Å². The summed E-state index contributed by atoms with van der Waals surface area (Å²) >= 11 is 1.65. The molecule has 2 aliphatic heterocycles. The van der Waals surface area contributed by atoms with Crippen LogP contribution in [0.2, 0.25) is 0 Å². The average molecular weight is 378 g/mol. The highest BCUT2D eigenvalue weighted by Gasteiger charge is 2.39. The molecule has 5 nitrogen and oxygen atoms in total. The van der Waals surface area contributed by atoms with Crippen molar-refractivity contribution in [3.8, 4) is 17.2 Å². The van der Waals surface area contributed by atoms with Crippen LogP contribution in [-0.4, -0.2) is 35.8 Å². The summed E-state index contributed by atoms with van der Waals surface area (Å²) in [5, 5.41) is 21.1. The lowest BCUT2D eigenvalue weighted by molar-refractivity contribution is 0.283. The number of hydrogen-bond acceptors (Lipinski definition) is 4. The molecule has 6 heteroatoms. The van der Waals surface area contributed by atoms with Gasteiger partial charge >= 0.3 is 0 Å². The van der Waals surface area contributed by atoms with Gasteiger partial charge in [0.2, 0.25) is 5.96 Å². The fourth-order valence-corrected chi connectivity index (χ4v) is 4.75. The van der Waals surface area contributed by atoms with Crippen molar-refractivity contribution in [3.05, 3.63) is 41.3 Å². The maximum Gasteiger partial charge on any atom is 0.204 e. The molecule has 2 aliphatic rings. The van der Waals surface area contributed by atoms with Crippen LogP contribution in [0.5, 0.6) is 0 Å². The number of amidine groups is 1. The Hall–Kier alpha value is -2.65. The molecular formula is C21H23N5S. The molecule has 1 atom stereocenters. The number of anilines is 1. The molecule has 0 radical (unpaired) electrons. The molecule has 1 saturated heterocycles. The van der Waals surface area contributed by atoms with Crippen molar-refractivity contribution in [2.45, 2.75) is 33.2 Å². The van der Waals surface area contributed by atoms with Gasteiger partial charge in [0.1, 0.15) is 5.84 Å². The van der Waals surface area contributed by atoms with Crippen LogP contribution < -0.4 is 4.90 Å². The Morgan fingerprint density at radius 2 is 2.11 bits per heavy atom. The van der Waals surface area contributed by atoms with Gasteiger partial charge in [-0.2, -0.15) is 5.26 Å². The van der Waals surface area contributed by atoms with E-state index in [1.165, 1.54) is 0 Å². The fraction of sp³-hybridized carbons (Fsp3) is 0.381. The van der Waals surface area contributed by atoms with Crippen molar-refractivity contribution >= 4 is 28.1 Å². The van der Waals surface area contributed by atoms with Gasteiger partial charge in [0.05, 0.1) is 16.6 Å². The molecule has 27 heavy (non-hydrogen) atoms. The molecule has 138 valence electrons. The monoisotopic (exact) mass is 377 g/mol. The number of nitrogens with zero attached hydrogens (tertiary/aromatic N) is 4. The summed E-state index contributed by atoms with van der Waals surface area (Å²) in [6.07, 6.45) is 0.857. The van der Waals surface area contributed by atoms with Crippen molar-refractivity contribution in [1.29, 1.82) is 10.7 Å². The van der Waals surface area contributed by atoms with Crippen LogP contribution in [0.15, 0.2) is 40.7 Å². The highest BCUT2D eigenvalue weighted by atomic mass is 32.1. The first-order valence-electron chi connectivity index (χ1n) is 9.16. The van der Waals surface area contributed by atoms with Gasteiger partial charge in [0.15, 0.2) is 0 Å². The Morgan fingerprint density at radius 3 is 2.89 bits per heavy atom. The molecule has 1 N–H and O–H groups in total. The molecule has 0 amide bonds. The first kappa shape index (κ1) is 17.7. The van der Waals surface area contributed by atoms with Gasteiger partial charge in [0, 0.05) is 36.3 Å². The van der Waals surface area contributed by atoms with E-state index >= 15 is 0 Å². The van der Waals surface area contributed by atoms with Crippen molar-refractivity contribution in [2.75, 3.05) is 18.0 Å². The maximum absolute atomic E-state index is 9.14. The smallest absolute Gasteiger partial charge is 0.204 e. The molecule has 1 aromatic heterocycles. The number of guanidine groups is 1. The van der Waals surface area contributed by atoms with Crippen LogP contribution in [0.1, 0.15) is 32.8 Å². The molecular weight excluding hydrogens is 354 g/mol. The first-order chi connectivity index (χ1) is 12.9. The second kappa shape index (κ2) is 6.50. The lowest BCUT2D eigenvalue weighted by atomic mass is 9.90. The number of aliphatic imine (C=N–C) groups is 1. The molecule has 0 aliphatic carbocycles. The van der Waals surface area contributed by atoms with Crippen LogP contribution in [0.25, 0.3) is 11.1 Å². The predicted molar refractivity (Wildman–Crippen MR) is 112 cm³/mol. The van der Waals surface area contributed by atoms with Gasteiger partial charge in [-0.15, -0.1) is 11.3 Å². The van der Waals surface area contributed by atoms with Gasteiger partial charge in [-0.05, 0) is 36.2 Å². The molecule has 4 rings (SSSR count). The highest BCUT2D eigenvalue weighted by Crippen LogP contribution is 2.37. The minimum Gasteiger partial charge on any atom is -0.300 e. The number of nitriles is 1. The molecule has 0 spiro atoms. The zero-order chi connectivity index (χ0) is 19.2. The minimum absolute atomic E-state index is 0.0837. The van der Waals surface area contributed by atoms with E-state index in [1.54, 1.807) is 11.3 Å². The van der Waals surface area contributed by atoms with E-state index in [9.17, 15) is 0 Å². The van der Waals surface area contributed by atoms with Gasteiger partial charge in [-0.25, -0.2) is 0 Å². The number of benzene rings is 1. The zero-order valence-corrected chi connectivity index (χ0v) is 16.7. The molecule has 0 saturated carbocycles. The first-order valence-corrected chi connectivity index (χ1v) is 10.0. The number of hydrogen-bond donors (Lipinski definition) is 1. The lowest BCUT2D eigenvalue weighted by Gasteiger charge is -2.47. The third-order valence-electron chi connectivity index (χ3n) is 5.14. The molecule has 1 fully saturated rings. The maximum atomic E-state index is 9.14. The summed E-state index contributed by atoms with van der Waals surface area (Å²) in [5.74, 6) is 1.56. The second-order valence-electron chi connectivity index (χ2n) is 8.10. The minimum atomic E-state index is 0.0837. The van der Waals surface area contributed by atoms with Crippen molar-refractivity contribution in [1.82, 2.24) is 4.90 Å². The van der Waals surface area contributed by atoms with Crippen molar-refractivity contribution < 1.29 is 0 Å². The Bertz CT molecular complexity index is 965. The third kappa shape index (κ3) is 3.24. The van der Waals surface area contributed by atoms with Crippen LogP contribution in [0, 0.1) is 22.2 Å². The van der Waals surface area contributed by atoms with Crippen LogP contribution >= 0.6 is 11.3 Å². The normalized spacial score (nSPS) is 21.5. The third-order valence-corrected chi connectivity index (χ3v) is 6.07. The van der Waals surface area contributed by atoms with E-state index in [4.69, 9.17) is 15.7 Å². The van der Waals surface area contributed by atoms with E-state index in [0.29, 0.717) is 11.5 Å². The van der Waals surface area contributed by atoms with Crippen LogP contribution in [0.4, 0.5) is 5.00 Å². The average Bonchev–Trinajstić information content (AvgIpc) is 3.12. The fourth-order valence-electron chi connectivity index (χ4n) is 3.72.